The fourth-order valence-corrected chi connectivity index (χ4v) is 3.22. The Morgan fingerprint density at radius 1 is 1.12 bits per heavy atom. The molecular formula is C19H19BrN2O2. The molecule has 0 bridgehead atoms. The van der Waals surface area contributed by atoms with Gasteiger partial charge in [-0.15, -0.1) is 0 Å². The van der Waals surface area contributed by atoms with Gasteiger partial charge in [0.1, 0.15) is 6.04 Å². The second kappa shape index (κ2) is 6.77. The maximum Gasteiger partial charge on any atom is 0.254 e. The number of benzene rings is 2. The summed E-state index contributed by atoms with van der Waals surface area (Å²) in [6.07, 6.45) is 0. The predicted octanol–water partition coefficient (Wildman–Crippen LogP) is 3.64. The summed E-state index contributed by atoms with van der Waals surface area (Å²) in [6, 6.07) is 14.6. The van der Waals surface area contributed by atoms with E-state index in [0.717, 1.165) is 15.7 Å². The SMILES string of the molecule is Cc1cccc(N2CCN(C(=O)c3ccc(Br)cc3)[C@H](C)C2=O)c1. The lowest BCUT2D eigenvalue weighted by Gasteiger charge is -2.39. The molecule has 1 saturated heterocycles. The van der Waals surface area contributed by atoms with Crippen molar-refractivity contribution in [3.05, 3.63) is 64.1 Å². The van der Waals surface area contributed by atoms with Crippen molar-refractivity contribution in [2.45, 2.75) is 19.9 Å². The largest absolute Gasteiger partial charge is 0.325 e. The van der Waals surface area contributed by atoms with Gasteiger partial charge in [-0.25, -0.2) is 0 Å². The molecule has 1 aliphatic heterocycles. The fraction of sp³-hybridized carbons (Fsp3) is 0.263. The normalized spacial score (nSPS) is 18.0. The number of aryl methyl sites for hydroxylation is 1. The van der Waals surface area contributed by atoms with Gasteiger partial charge in [0.15, 0.2) is 0 Å². The number of hydrogen-bond acceptors (Lipinski definition) is 2. The molecule has 1 heterocycles. The van der Waals surface area contributed by atoms with E-state index in [0.29, 0.717) is 18.7 Å². The summed E-state index contributed by atoms with van der Waals surface area (Å²) in [7, 11) is 0. The standard InChI is InChI=1S/C19H19BrN2O2/c1-13-4-3-5-17(12-13)22-11-10-21(14(2)18(22)23)19(24)15-6-8-16(20)9-7-15/h3-9,12,14H,10-11H2,1-2H3/t14-/m1/s1. The minimum absolute atomic E-state index is 0.0442. The summed E-state index contributed by atoms with van der Waals surface area (Å²) in [5.74, 6) is -0.149. The number of rotatable bonds is 2. The lowest BCUT2D eigenvalue weighted by atomic mass is 10.1. The topological polar surface area (TPSA) is 40.6 Å². The molecule has 0 radical (unpaired) electrons. The first-order chi connectivity index (χ1) is 11.5. The highest BCUT2D eigenvalue weighted by Gasteiger charge is 2.35. The van der Waals surface area contributed by atoms with E-state index < -0.39 is 6.04 Å². The zero-order valence-electron chi connectivity index (χ0n) is 13.7. The molecule has 1 aliphatic rings. The maximum atomic E-state index is 12.8. The molecule has 2 amide bonds. The molecular weight excluding hydrogens is 368 g/mol. The number of amides is 2. The minimum Gasteiger partial charge on any atom is -0.325 e. The van der Waals surface area contributed by atoms with Gasteiger partial charge in [0.25, 0.3) is 5.91 Å². The highest BCUT2D eigenvalue weighted by Crippen LogP contribution is 2.23. The summed E-state index contributed by atoms with van der Waals surface area (Å²) in [5, 5.41) is 0. The predicted molar refractivity (Wildman–Crippen MR) is 98.2 cm³/mol. The summed E-state index contributed by atoms with van der Waals surface area (Å²) in [6.45, 7) is 4.83. The summed E-state index contributed by atoms with van der Waals surface area (Å²) in [4.78, 5) is 28.9. The van der Waals surface area contributed by atoms with Crippen LogP contribution < -0.4 is 4.90 Å². The van der Waals surface area contributed by atoms with Gasteiger partial charge in [-0.2, -0.15) is 0 Å². The van der Waals surface area contributed by atoms with Crippen LogP contribution in [-0.2, 0) is 4.79 Å². The average Bonchev–Trinajstić information content (AvgIpc) is 2.57. The van der Waals surface area contributed by atoms with Crippen LogP contribution in [0.2, 0.25) is 0 Å². The lowest BCUT2D eigenvalue weighted by molar-refractivity contribution is -0.124. The van der Waals surface area contributed by atoms with E-state index in [2.05, 4.69) is 15.9 Å². The first-order valence-electron chi connectivity index (χ1n) is 7.92. The van der Waals surface area contributed by atoms with Gasteiger partial charge in [-0.3, -0.25) is 9.59 Å². The summed E-state index contributed by atoms with van der Waals surface area (Å²) in [5.41, 5.74) is 2.60. The van der Waals surface area contributed by atoms with Crippen molar-refractivity contribution in [1.29, 1.82) is 0 Å². The van der Waals surface area contributed by atoms with Gasteiger partial charge in [-0.1, -0.05) is 28.1 Å². The van der Waals surface area contributed by atoms with Gasteiger partial charge < -0.3 is 9.80 Å². The van der Waals surface area contributed by atoms with Gasteiger partial charge in [0.05, 0.1) is 0 Å². The van der Waals surface area contributed by atoms with Crippen molar-refractivity contribution >= 4 is 33.4 Å². The molecule has 2 aromatic rings. The number of nitrogens with zero attached hydrogens (tertiary/aromatic N) is 2. The van der Waals surface area contributed by atoms with Crippen molar-refractivity contribution in [3.8, 4) is 0 Å². The molecule has 0 unspecified atom stereocenters. The smallest absolute Gasteiger partial charge is 0.254 e. The Hall–Kier alpha value is -2.14. The molecule has 3 rings (SSSR count). The van der Waals surface area contributed by atoms with E-state index in [4.69, 9.17) is 0 Å². The van der Waals surface area contributed by atoms with Crippen LogP contribution >= 0.6 is 15.9 Å². The molecule has 1 atom stereocenters. The zero-order valence-corrected chi connectivity index (χ0v) is 15.3. The van der Waals surface area contributed by atoms with Crippen LogP contribution in [0.25, 0.3) is 0 Å². The van der Waals surface area contributed by atoms with Gasteiger partial charge in [0.2, 0.25) is 5.91 Å². The molecule has 1 fully saturated rings. The van der Waals surface area contributed by atoms with E-state index in [1.54, 1.807) is 28.9 Å². The molecule has 24 heavy (non-hydrogen) atoms. The van der Waals surface area contributed by atoms with E-state index in [1.165, 1.54) is 0 Å². The lowest BCUT2D eigenvalue weighted by Crippen LogP contribution is -2.57. The first-order valence-corrected chi connectivity index (χ1v) is 8.71. The van der Waals surface area contributed by atoms with Crippen molar-refractivity contribution < 1.29 is 9.59 Å². The number of hydrogen-bond donors (Lipinski definition) is 0. The Bertz CT molecular complexity index is 773. The third-order valence-electron chi connectivity index (χ3n) is 4.32. The quantitative estimate of drug-likeness (QED) is 0.790. The monoisotopic (exact) mass is 386 g/mol. The molecule has 0 N–H and O–H groups in total. The van der Waals surface area contributed by atoms with Gasteiger partial charge in [-0.05, 0) is 55.8 Å². The highest BCUT2D eigenvalue weighted by molar-refractivity contribution is 9.10. The Morgan fingerprint density at radius 3 is 2.50 bits per heavy atom. The van der Waals surface area contributed by atoms with Crippen LogP contribution in [0, 0.1) is 6.92 Å². The fourth-order valence-electron chi connectivity index (χ4n) is 2.96. The van der Waals surface area contributed by atoms with Crippen molar-refractivity contribution in [1.82, 2.24) is 4.90 Å². The second-order valence-electron chi connectivity index (χ2n) is 6.01. The maximum absolute atomic E-state index is 12.8. The number of piperazine rings is 1. The molecule has 0 aromatic heterocycles. The van der Waals surface area contributed by atoms with Crippen LogP contribution in [0.3, 0.4) is 0 Å². The summed E-state index contributed by atoms with van der Waals surface area (Å²) >= 11 is 3.37. The van der Waals surface area contributed by atoms with Crippen molar-refractivity contribution in [2.75, 3.05) is 18.0 Å². The minimum atomic E-state index is -0.476. The summed E-state index contributed by atoms with van der Waals surface area (Å²) < 4.78 is 0.924. The van der Waals surface area contributed by atoms with E-state index in [-0.39, 0.29) is 11.8 Å². The number of carbonyl (C=O) groups excluding carboxylic acids is 2. The van der Waals surface area contributed by atoms with Crippen LogP contribution in [0.5, 0.6) is 0 Å². The number of carbonyl (C=O) groups is 2. The molecule has 0 spiro atoms. The first kappa shape index (κ1) is 16.7. The van der Waals surface area contributed by atoms with Crippen molar-refractivity contribution in [2.24, 2.45) is 0 Å². The van der Waals surface area contributed by atoms with E-state index >= 15 is 0 Å². The Morgan fingerprint density at radius 2 is 1.83 bits per heavy atom. The average molecular weight is 387 g/mol. The third-order valence-corrected chi connectivity index (χ3v) is 4.85. The van der Waals surface area contributed by atoms with E-state index in [9.17, 15) is 9.59 Å². The molecule has 2 aromatic carbocycles. The van der Waals surface area contributed by atoms with E-state index in [1.807, 2.05) is 43.3 Å². The molecule has 124 valence electrons. The molecule has 0 aliphatic carbocycles. The zero-order chi connectivity index (χ0) is 17.3. The number of anilines is 1. The molecule has 4 nitrogen and oxygen atoms in total. The highest BCUT2D eigenvalue weighted by atomic mass is 79.9. The Kier molecular flexibility index (Phi) is 4.71. The van der Waals surface area contributed by atoms with Gasteiger partial charge >= 0.3 is 0 Å². The molecule has 0 saturated carbocycles. The van der Waals surface area contributed by atoms with Gasteiger partial charge in [0, 0.05) is 28.8 Å². The second-order valence-corrected chi connectivity index (χ2v) is 6.93. The third kappa shape index (κ3) is 3.22. The molecule has 5 heteroatoms. The van der Waals surface area contributed by atoms with Crippen LogP contribution in [0.1, 0.15) is 22.8 Å². The Balaban J connectivity index is 1.79. The van der Waals surface area contributed by atoms with Crippen LogP contribution in [-0.4, -0.2) is 35.8 Å². The number of halogens is 1. The Labute approximate surface area is 150 Å². The van der Waals surface area contributed by atoms with Crippen LogP contribution in [0.4, 0.5) is 5.69 Å². The van der Waals surface area contributed by atoms with Crippen molar-refractivity contribution in [3.63, 3.8) is 0 Å². The van der Waals surface area contributed by atoms with Crippen LogP contribution in [0.15, 0.2) is 53.0 Å².